The maximum Gasteiger partial charge on any atom is 0.123 e. The van der Waals surface area contributed by atoms with Gasteiger partial charge in [0, 0.05) is 11.5 Å². The lowest BCUT2D eigenvalue weighted by molar-refractivity contribution is 0.306. The number of hydrogen-bond acceptors (Lipinski definition) is 2. The summed E-state index contributed by atoms with van der Waals surface area (Å²) in [7, 11) is 0. The molecule has 0 spiro atoms. The van der Waals surface area contributed by atoms with Gasteiger partial charge in [-0.25, -0.2) is 0 Å². The fourth-order valence-electron chi connectivity index (χ4n) is 3.20. The van der Waals surface area contributed by atoms with Gasteiger partial charge < -0.3 is 9.47 Å². The second-order valence-electron chi connectivity index (χ2n) is 6.56. The van der Waals surface area contributed by atoms with Gasteiger partial charge in [-0.1, -0.05) is 79.4 Å². The molecule has 0 heterocycles. The summed E-state index contributed by atoms with van der Waals surface area (Å²) in [6, 6.07) is 26.6. The summed E-state index contributed by atoms with van der Waals surface area (Å²) in [5, 5.41) is 0. The van der Waals surface area contributed by atoms with E-state index in [2.05, 4.69) is 43.5 Å². The monoisotopic (exact) mass is 370 g/mol. The quantitative estimate of drug-likeness (QED) is 0.377. The number of rotatable bonds is 10. The molecule has 142 valence electrons. The van der Waals surface area contributed by atoms with Crippen molar-refractivity contribution in [3.05, 3.63) is 121 Å². The van der Waals surface area contributed by atoms with Gasteiger partial charge in [0.2, 0.25) is 0 Å². The van der Waals surface area contributed by atoms with Gasteiger partial charge in [0.05, 0.1) is 0 Å². The van der Waals surface area contributed by atoms with E-state index in [1.807, 2.05) is 54.6 Å². The summed E-state index contributed by atoms with van der Waals surface area (Å²) in [5.41, 5.74) is 3.52. The lowest BCUT2D eigenvalue weighted by Gasteiger charge is -2.20. The highest BCUT2D eigenvalue weighted by molar-refractivity contribution is 5.43. The molecular formula is C26H26O2. The van der Waals surface area contributed by atoms with Crippen molar-refractivity contribution in [2.75, 3.05) is 6.61 Å². The molecule has 0 saturated heterocycles. The summed E-state index contributed by atoms with van der Waals surface area (Å²) >= 11 is 0. The Kier molecular flexibility index (Phi) is 7.08. The van der Waals surface area contributed by atoms with E-state index in [1.54, 1.807) is 6.08 Å². The molecule has 0 aliphatic rings. The first-order valence-electron chi connectivity index (χ1n) is 9.52. The van der Waals surface area contributed by atoms with Gasteiger partial charge in [0.1, 0.15) is 24.7 Å². The van der Waals surface area contributed by atoms with E-state index >= 15 is 0 Å². The molecular weight excluding hydrogens is 344 g/mol. The smallest absolute Gasteiger partial charge is 0.123 e. The van der Waals surface area contributed by atoms with Crippen LogP contribution in [0.5, 0.6) is 11.5 Å². The van der Waals surface area contributed by atoms with Crippen LogP contribution in [0, 0.1) is 0 Å². The first kappa shape index (κ1) is 19.5. The molecule has 0 bridgehead atoms. The van der Waals surface area contributed by atoms with E-state index in [0.29, 0.717) is 13.2 Å². The summed E-state index contributed by atoms with van der Waals surface area (Å²) in [4.78, 5) is 0. The van der Waals surface area contributed by atoms with Crippen LogP contribution in [0.4, 0.5) is 0 Å². The van der Waals surface area contributed by atoms with E-state index in [-0.39, 0.29) is 5.92 Å². The zero-order valence-corrected chi connectivity index (χ0v) is 16.1. The molecule has 1 unspecified atom stereocenters. The van der Waals surface area contributed by atoms with E-state index in [1.165, 1.54) is 5.56 Å². The molecule has 0 aliphatic heterocycles. The standard InChI is InChI=1S/C26H26O2/c1-3-10-24(25-13-8-9-14-26(25)27-19-4-2)22-15-17-23(18-16-22)28-20-21-11-6-5-7-12-21/h3-9,11-18,24H,1-2,10,19-20H2. The summed E-state index contributed by atoms with van der Waals surface area (Å²) in [6.45, 7) is 8.74. The molecule has 0 amide bonds. The molecule has 0 aromatic heterocycles. The molecule has 0 N–H and O–H groups in total. The maximum absolute atomic E-state index is 5.91. The van der Waals surface area contributed by atoms with Crippen LogP contribution in [-0.2, 0) is 6.61 Å². The number of benzene rings is 3. The average molecular weight is 370 g/mol. The third kappa shape index (κ3) is 5.14. The molecule has 0 saturated carbocycles. The van der Waals surface area contributed by atoms with Gasteiger partial charge >= 0.3 is 0 Å². The topological polar surface area (TPSA) is 18.5 Å². The van der Waals surface area contributed by atoms with Gasteiger partial charge in [-0.2, -0.15) is 0 Å². The summed E-state index contributed by atoms with van der Waals surface area (Å²) < 4.78 is 11.8. The molecule has 3 rings (SSSR count). The normalized spacial score (nSPS) is 11.4. The zero-order valence-electron chi connectivity index (χ0n) is 16.1. The Hall–Kier alpha value is -3.26. The van der Waals surface area contributed by atoms with Crippen molar-refractivity contribution in [2.24, 2.45) is 0 Å². The number of para-hydroxylation sites is 1. The molecule has 0 radical (unpaired) electrons. The fraction of sp³-hybridized carbons (Fsp3) is 0.154. The van der Waals surface area contributed by atoms with Gasteiger partial charge in [-0.3, -0.25) is 0 Å². The Morgan fingerprint density at radius 3 is 2.18 bits per heavy atom. The van der Waals surface area contributed by atoms with Crippen molar-refractivity contribution >= 4 is 0 Å². The van der Waals surface area contributed by atoms with Crippen LogP contribution in [0.15, 0.2) is 104 Å². The molecule has 3 aromatic rings. The molecule has 28 heavy (non-hydrogen) atoms. The van der Waals surface area contributed by atoms with Gasteiger partial charge in [-0.15, -0.1) is 6.58 Å². The maximum atomic E-state index is 5.91. The minimum absolute atomic E-state index is 0.182. The lowest BCUT2D eigenvalue weighted by atomic mass is 9.88. The minimum Gasteiger partial charge on any atom is -0.489 e. The second-order valence-corrected chi connectivity index (χ2v) is 6.56. The van der Waals surface area contributed by atoms with Gasteiger partial charge in [-0.05, 0) is 35.7 Å². The first-order valence-corrected chi connectivity index (χ1v) is 9.52. The third-order valence-electron chi connectivity index (χ3n) is 4.58. The van der Waals surface area contributed by atoms with Crippen molar-refractivity contribution in [1.29, 1.82) is 0 Å². The molecule has 2 heteroatoms. The van der Waals surface area contributed by atoms with Crippen LogP contribution in [0.25, 0.3) is 0 Å². The van der Waals surface area contributed by atoms with Crippen LogP contribution >= 0.6 is 0 Å². The highest BCUT2D eigenvalue weighted by Gasteiger charge is 2.17. The minimum atomic E-state index is 0.182. The SMILES string of the molecule is C=CCOc1ccccc1C(CC=C)c1ccc(OCc2ccccc2)cc1. The summed E-state index contributed by atoms with van der Waals surface area (Å²) in [6.07, 6.45) is 4.55. The Labute approximate surface area is 167 Å². The molecule has 3 aromatic carbocycles. The van der Waals surface area contributed by atoms with Crippen LogP contribution in [0.1, 0.15) is 29.0 Å². The number of hydrogen-bond donors (Lipinski definition) is 0. The molecule has 0 aliphatic carbocycles. The highest BCUT2D eigenvalue weighted by atomic mass is 16.5. The van der Waals surface area contributed by atoms with Gasteiger partial charge in [0.25, 0.3) is 0 Å². The van der Waals surface area contributed by atoms with Crippen LogP contribution < -0.4 is 9.47 Å². The Bertz CT molecular complexity index is 882. The Balaban J connectivity index is 1.77. The van der Waals surface area contributed by atoms with Crippen LogP contribution in [-0.4, -0.2) is 6.61 Å². The Morgan fingerprint density at radius 1 is 0.750 bits per heavy atom. The van der Waals surface area contributed by atoms with Crippen molar-refractivity contribution < 1.29 is 9.47 Å². The first-order chi connectivity index (χ1) is 13.8. The molecule has 0 fully saturated rings. The van der Waals surface area contributed by atoms with E-state index in [0.717, 1.165) is 29.0 Å². The van der Waals surface area contributed by atoms with E-state index in [4.69, 9.17) is 9.47 Å². The summed E-state index contributed by atoms with van der Waals surface area (Å²) in [5.74, 6) is 1.93. The highest BCUT2D eigenvalue weighted by Crippen LogP contribution is 2.35. The van der Waals surface area contributed by atoms with E-state index < -0.39 is 0 Å². The number of ether oxygens (including phenoxy) is 2. The predicted octanol–water partition coefficient (Wildman–Crippen LogP) is 6.54. The van der Waals surface area contributed by atoms with Crippen molar-refractivity contribution in [3.8, 4) is 11.5 Å². The molecule has 1 atom stereocenters. The predicted molar refractivity (Wildman–Crippen MR) is 116 cm³/mol. The Morgan fingerprint density at radius 2 is 1.46 bits per heavy atom. The molecule has 2 nitrogen and oxygen atoms in total. The zero-order chi connectivity index (χ0) is 19.6. The number of allylic oxidation sites excluding steroid dienone is 1. The fourth-order valence-corrected chi connectivity index (χ4v) is 3.20. The third-order valence-corrected chi connectivity index (χ3v) is 4.58. The van der Waals surface area contributed by atoms with E-state index in [9.17, 15) is 0 Å². The van der Waals surface area contributed by atoms with Crippen molar-refractivity contribution in [1.82, 2.24) is 0 Å². The largest absolute Gasteiger partial charge is 0.489 e. The second kappa shape index (κ2) is 10.2. The van der Waals surface area contributed by atoms with Crippen molar-refractivity contribution in [3.63, 3.8) is 0 Å². The lowest BCUT2D eigenvalue weighted by Crippen LogP contribution is -2.05. The van der Waals surface area contributed by atoms with Crippen LogP contribution in [0.3, 0.4) is 0 Å². The van der Waals surface area contributed by atoms with Crippen LogP contribution in [0.2, 0.25) is 0 Å². The average Bonchev–Trinajstić information content (AvgIpc) is 2.76. The van der Waals surface area contributed by atoms with Gasteiger partial charge in [0.15, 0.2) is 0 Å². The van der Waals surface area contributed by atoms with Crippen molar-refractivity contribution in [2.45, 2.75) is 18.9 Å².